The number of hydrogen-bond donors (Lipinski definition) is 1. The lowest BCUT2D eigenvalue weighted by Gasteiger charge is -2.32. The summed E-state index contributed by atoms with van der Waals surface area (Å²) in [7, 11) is 1.97. The van der Waals surface area contributed by atoms with E-state index < -0.39 is 0 Å². The van der Waals surface area contributed by atoms with Crippen LogP contribution in [0.5, 0.6) is 0 Å². The minimum atomic E-state index is 0. The minimum Gasteiger partial charge on any atom is -0.376 e. The van der Waals surface area contributed by atoms with Crippen molar-refractivity contribution in [3.63, 3.8) is 0 Å². The maximum absolute atomic E-state index is 12.5. The summed E-state index contributed by atoms with van der Waals surface area (Å²) >= 11 is 1.65. The Balaban J connectivity index is 0.00000147. The number of amides is 1. The molecule has 0 aromatic carbocycles. The maximum atomic E-state index is 12.5. The molecule has 1 N–H and O–H groups in total. The van der Waals surface area contributed by atoms with Crippen LogP contribution in [0.2, 0.25) is 0 Å². The van der Waals surface area contributed by atoms with Crippen LogP contribution in [0.15, 0.2) is 6.07 Å². The van der Waals surface area contributed by atoms with Crippen LogP contribution in [0.4, 0.5) is 0 Å². The Bertz CT molecular complexity index is 454. The first-order chi connectivity index (χ1) is 9.28. The van der Waals surface area contributed by atoms with Gasteiger partial charge in [-0.05, 0) is 31.5 Å². The van der Waals surface area contributed by atoms with Crippen LogP contribution >= 0.6 is 23.7 Å². The predicted octanol–water partition coefficient (Wildman–Crippen LogP) is 2.07. The fraction of sp³-hybridized carbons (Fsp3) is 0.643. The fourth-order valence-corrected chi connectivity index (χ4v) is 3.92. The van der Waals surface area contributed by atoms with Gasteiger partial charge in [-0.2, -0.15) is 0 Å². The third kappa shape index (κ3) is 3.17. The molecule has 2 aliphatic heterocycles. The molecular weight excluding hydrogens is 296 g/mol. The normalized spacial score (nSPS) is 22.1. The second kappa shape index (κ2) is 6.89. The summed E-state index contributed by atoms with van der Waals surface area (Å²) in [5.74, 6) is 0.194. The third-order valence-electron chi connectivity index (χ3n) is 3.96. The molecule has 1 aromatic heterocycles. The van der Waals surface area contributed by atoms with E-state index in [4.69, 9.17) is 4.74 Å². The summed E-state index contributed by atoms with van der Waals surface area (Å²) in [5, 5.41) is 3.28. The SMILES string of the molecule is CNC1CCCN(C(=O)c2cc3c(s2)CCOC3)C1.Cl. The number of nitrogens with one attached hydrogen (secondary N) is 1. The molecular formula is C14H21ClN2O2S. The van der Waals surface area contributed by atoms with E-state index >= 15 is 0 Å². The molecule has 0 spiro atoms. The molecule has 6 heteroatoms. The fourth-order valence-electron chi connectivity index (χ4n) is 2.81. The lowest BCUT2D eigenvalue weighted by molar-refractivity contribution is 0.0703. The second-order valence-corrected chi connectivity index (χ2v) is 6.38. The Morgan fingerprint density at radius 2 is 2.40 bits per heavy atom. The topological polar surface area (TPSA) is 41.6 Å². The van der Waals surface area contributed by atoms with Gasteiger partial charge >= 0.3 is 0 Å². The van der Waals surface area contributed by atoms with Gasteiger partial charge in [0.25, 0.3) is 5.91 Å². The van der Waals surface area contributed by atoms with Crippen molar-refractivity contribution in [1.29, 1.82) is 0 Å². The molecule has 2 aliphatic rings. The Labute approximate surface area is 129 Å². The number of likely N-dealkylation sites (tertiary alicyclic amines) is 1. The summed E-state index contributed by atoms with van der Waals surface area (Å²) in [6.07, 6.45) is 3.20. The first kappa shape index (κ1) is 15.8. The quantitative estimate of drug-likeness (QED) is 0.908. The average Bonchev–Trinajstić information content (AvgIpc) is 2.90. The first-order valence-electron chi connectivity index (χ1n) is 6.94. The molecule has 0 aliphatic carbocycles. The number of fused-ring (bicyclic) bond motifs is 1. The molecule has 20 heavy (non-hydrogen) atoms. The third-order valence-corrected chi connectivity index (χ3v) is 5.18. The largest absolute Gasteiger partial charge is 0.376 e. The standard InChI is InChI=1S/C14H20N2O2S.ClH/c1-15-11-3-2-5-16(8-11)14(17)13-7-10-9-18-6-4-12(10)19-13;/h7,11,15H,2-6,8-9H2,1H3;1H. The monoisotopic (exact) mass is 316 g/mol. The smallest absolute Gasteiger partial charge is 0.263 e. The maximum Gasteiger partial charge on any atom is 0.263 e. The molecule has 1 fully saturated rings. The zero-order valence-corrected chi connectivity index (χ0v) is 13.3. The summed E-state index contributed by atoms with van der Waals surface area (Å²) in [6, 6.07) is 2.47. The zero-order valence-electron chi connectivity index (χ0n) is 11.7. The number of piperidine rings is 1. The van der Waals surface area contributed by atoms with Gasteiger partial charge in [-0.1, -0.05) is 0 Å². The summed E-state index contributed by atoms with van der Waals surface area (Å²) in [5.41, 5.74) is 1.21. The van der Waals surface area contributed by atoms with Gasteiger partial charge in [-0.25, -0.2) is 0 Å². The van der Waals surface area contributed by atoms with E-state index in [-0.39, 0.29) is 18.3 Å². The van der Waals surface area contributed by atoms with Gasteiger partial charge in [0, 0.05) is 30.4 Å². The van der Waals surface area contributed by atoms with Crippen LogP contribution in [0.25, 0.3) is 0 Å². The van der Waals surface area contributed by atoms with Gasteiger partial charge in [0.05, 0.1) is 18.1 Å². The highest BCUT2D eigenvalue weighted by Gasteiger charge is 2.26. The number of likely N-dealkylation sites (N-methyl/N-ethyl adjacent to an activating group) is 1. The highest BCUT2D eigenvalue weighted by Crippen LogP contribution is 2.28. The molecule has 0 saturated carbocycles. The van der Waals surface area contributed by atoms with Crippen molar-refractivity contribution in [2.45, 2.75) is 31.9 Å². The van der Waals surface area contributed by atoms with Crippen LogP contribution in [0, 0.1) is 0 Å². The number of nitrogens with zero attached hydrogens (tertiary/aromatic N) is 1. The van der Waals surface area contributed by atoms with Crippen LogP contribution in [0.3, 0.4) is 0 Å². The van der Waals surface area contributed by atoms with E-state index in [0.717, 1.165) is 43.8 Å². The molecule has 3 heterocycles. The summed E-state index contributed by atoms with van der Waals surface area (Å²) < 4.78 is 5.44. The highest BCUT2D eigenvalue weighted by molar-refractivity contribution is 7.14. The molecule has 1 aromatic rings. The number of carbonyl (C=O) groups is 1. The zero-order chi connectivity index (χ0) is 13.2. The van der Waals surface area contributed by atoms with Crippen LogP contribution in [-0.4, -0.2) is 43.6 Å². The van der Waals surface area contributed by atoms with Crippen molar-refractivity contribution in [1.82, 2.24) is 10.2 Å². The molecule has 0 bridgehead atoms. The van der Waals surface area contributed by atoms with Crippen molar-refractivity contribution < 1.29 is 9.53 Å². The Kier molecular flexibility index (Phi) is 5.43. The Morgan fingerprint density at radius 3 is 3.15 bits per heavy atom. The van der Waals surface area contributed by atoms with E-state index in [2.05, 4.69) is 5.32 Å². The molecule has 1 saturated heterocycles. The van der Waals surface area contributed by atoms with Crippen LogP contribution < -0.4 is 5.32 Å². The number of rotatable bonds is 2. The molecule has 1 amide bonds. The Hall–Kier alpha value is -0.620. The van der Waals surface area contributed by atoms with Crippen molar-refractivity contribution in [2.24, 2.45) is 0 Å². The van der Waals surface area contributed by atoms with Crippen LogP contribution in [-0.2, 0) is 17.8 Å². The Morgan fingerprint density at radius 1 is 1.55 bits per heavy atom. The van der Waals surface area contributed by atoms with E-state index in [1.54, 1.807) is 11.3 Å². The number of halogens is 1. The number of thiophene rings is 1. The molecule has 112 valence electrons. The lowest BCUT2D eigenvalue weighted by atomic mass is 10.1. The van der Waals surface area contributed by atoms with E-state index in [0.29, 0.717) is 12.6 Å². The van der Waals surface area contributed by atoms with E-state index in [1.807, 2.05) is 18.0 Å². The van der Waals surface area contributed by atoms with Gasteiger partial charge in [0.15, 0.2) is 0 Å². The predicted molar refractivity (Wildman–Crippen MR) is 82.9 cm³/mol. The molecule has 1 unspecified atom stereocenters. The van der Waals surface area contributed by atoms with Crippen molar-refractivity contribution in [3.05, 3.63) is 21.4 Å². The van der Waals surface area contributed by atoms with Crippen molar-refractivity contribution in [3.8, 4) is 0 Å². The van der Waals surface area contributed by atoms with E-state index in [1.165, 1.54) is 10.4 Å². The molecule has 4 nitrogen and oxygen atoms in total. The van der Waals surface area contributed by atoms with Crippen molar-refractivity contribution >= 4 is 29.7 Å². The van der Waals surface area contributed by atoms with Crippen molar-refractivity contribution in [2.75, 3.05) is 26.7 Å². The number of ether oxygens (including phenoxy) is 1. The lowest BCUT2D eigenvalue weighted by Crippen LogP contribution is -2.46. The molecule has 0 radical (unpaired) electrons. The van der Waals surface area contributed by atoms with Gasteiger partial charge < -0.3 is 15.0 Å². The first-order valence-corrected chi connectivity index (χ1v) is 7.75. The van der Waals surface area contributed by atoms with Gasteiger partial charge in [-0.15, -0.1) is 23.7 Å². The van der Waals surface area contributed by atoms with Gasteiger partial charge in [0.1, 0.15) is 0 Å². The second-order valence-electron chi connectivity index (χ2n) is 5.24. The summed E-state index contributed by atoms with van der Waals surface area (Å²) in [4.78, 5) is 16.7. The average molecular weight is 317 g/mol. The van der Waals surface area contributed by atoms with E-state index in [9.17, 15) is 4.79 Å². The number of carbonyl (C=O) groups excluding carboxylic acids is 1. The number of hydrogen-bond acceptors (Lipinski definition) is 4. The minimum absolute atomic E-state index is 0. The molecule has 3 rings (SSSR count). The van der Waals surface area contributed by atoms with Gasteiger partial charge in [-0.3, -0.25) is 4.79 Å². The molecule has 1 atom stereocenters. The van der Waals surface area contributed by atoms with Gasteiger partial charge in [0.2, 0.25) is 0 Å². The summed E-state index contributed by atoms with van der Waals surface area (Å²) in [6.45, 7) is 3.16. The van der Waals surface area contributed by atoms with Crippen LogP contribution in [0.1, 0.15) is 33.0 Å². The highest BCUT2D eigenvalue weighted by atomic mass is 35.5.